The van der Waals surface area contributed by atoms with E-state index in [1.807, 2.05) is 29.5 Å². The largest absolute Gasteiger partial charge is 0.507 e. The van der Waals surface area contributed by atoms with Crippen LogP contribution in [0.1, 0.15) is 15.9 Å². The van der Waals surface area contributed by atoms with Gasteiger partial charge < -0.3 is 10.0 Å². The summed E-state index contributed by atoms with van der Waals surface area (Å²) in [5.41, 5.74) is 1.43. The van der Waals surface area contributed by atoms with Gasteiger partial charge in [-0.25, -0.2) is 0 Å². The Morgan fingerprint density at radius 2 is 2.00 bits per heavy atom. The second kappa shape index (κ2) is 4.16. The van der Waals surface area contributed by atoms with Gasteiger partial charge in [-0.1, -0.05) is 0 Å². The first-order valence-corrected chi connectivity index (χ1v) is 5.22. The molecule has 0 bridgehead atoms. The molecule has 0 aliphatic heterocycles. The minimum absolute atomic E-state index is 0.0887. The van der Waals surface area contributed by atoms with Gasteiger partial charge in [0.15, 0.2) is 0 Å². The number of aryl methyl sites for hydroxylation is 1. The lowest BCUT2D eigenvalue weighted by Gasteiger charge is -2.13. The van der Waals surface area contributed by atoms with Crippen LogP contribution in [0, 0.1) is 10.5 Å². The molecule has 1 N–H and O–H groups in total. The molecule has 0 aliphatic rings. The Balaban J connectivity index is 3.22. The molecule has 0 radical (unpaired) electrons. The number of aromatic hydroxyl groups is 1. The van der Waals surface area contributed by atoms with E-state index >= 15 is 0 Å². The van der Waals surface area contributed by atoms with Crippen LogP contribution in [0.5, 0.6) is 5.75 Å². The summed E-state index contributed by atoms with van der Waals surface area (Å²) in [6.45, 7) is 1.86. The fraction of sp³-hybridized carbons (Fsp3) is 0.300. The first-order chi connectivity index (χ1) is 6.43. The zero-order valence-electron chi connectivity index (χ0n) is 8.34. The predicted octanol–water partition coefficient (Wildman–Crippen LogP) is 2.01. The summed E-state index contributed by atoms with van der Waals surface area (Å²) in [6, 6.07) is 3.31. The van der Waals surface area contributed by atoms with Crippen LogP contribution in [0.25, 0.3) is 0 Å². The number of amides is 1. The Kier molecular flexibility index (Phi) is 3.36. The highest BCUT2D eigenvalue weighted by atomic mass is 127. The monoisotopic (exact) mass is 305 g/mol. The summed E-state index contributed by atoms with van der Waals surface area (Å²) in [5.74, 6) is 0.0654. The summed E-state index contributed by atoms with van der Waals surface area (Å²) < 4.78 is 0.760. The van der Waals surface area contributed by atoms with Gasteiger partial charge in [0.05, 0.1) is 3.57 Å². The van der Waals surface area contributed by atoms with Crippen molar-refractivity contribution in [2.45, 2.75) is 6.92 Å². The molecule has 4 heteroatoms. The summed E-state index contributed by atoms with van der Waals surface area (Å²) >= 11 is 2.03. The number of rotatable bonds is 1. The number of hydrogen-bond donors (Lipinski definition) is 1. The van der Waals surface area contributed by atoms with Crippen molar-refractivity contribution in [2.75, 3.05) is 14.1 Å². The van der Waals surface area contributed by atoms with Crippen LogP contribution >= 0.6 is 22.6 Å². The van der Waals surface area contributed by atoms with Gasteiger partial charge in [-0.15, -0.1) is 0 Å². The Bertz CT molecular complexity index is 375. The maximum Gasteiger partial charge on any atom is 0.253 e. The van der Waals surface area contributed by atoms with Crippen molar-refractivity contribution in [3.63, 3.8) is 0 Å². The van der Waals surface area contributed by atoms with Crippen LogP contribution in [0.4, 0.5) is 0 Å². The molecule has 0 atom stereocenters. The van der Waals surface area contributed by atoms with E-state index < -0.39 is 0 Å². The summed E-state index contributed by atoms with van der Waals surface area (Å²) in [7, 11) is 3.38. The molecule has 0 unspecified atom stereocenters. The smallest absolute Gasteiger partial charge is 0.253 e. The van der Waals surface area contributed by atoms with Crippen molar-refractivity contribution in [3.8, 4) is 5.75 Å². The maximum absolute atomic E-state index is 11.6. The van der Waals surface area contributed by atoms with Crippen LogP contribution in [-0.4, -0.2) is 30.0 Å². The van der Waals surface area contributed by atoms with E-state index in [-0.39, 0.29) is 11.7 Å². The topological polar surface area (TPSA) is 40.5 Å². The molecule has 0 heterocycles. The molecule has 3 nitrogen and oxygen atoms in total. The van der Waals surface area contributed by atoms with Crippen LogP contribution in [0.15, 0.2) is 12.1 Å². The molecule has 0 saturated heterocycles. The van der Waals surface area contributed by atoms with Crippen LogP contribution in [0.2, 0.25) is 0 Å². The van der Waals surface area contributed by atoms with Crippen LogP contribution in [-0.2, 0) is 0 Å². The van der Waals surface area contributed by atoms with E-state index in [1.165, 1.54) is 11.0 Å². The average molecular weight is 305 g/mol. The van der Waals surface area contributed by atoms with Crippen molar-refractivity contribution < 1.29 is 9.90 Å². The number of halogens is 1. The third-order valence-electron chi connectivity index (χ3n) is 1.93. The standard InChI is InChI=1S/C10H12INO2/c1-6-4-8(11)9(13)5-7(6)10(14)12(2)3/h4-5,13H,1-3H3. The second-order valence-electron chi connectivity index (χ2n) is 3.32. The number of nitrogens with zero attached hydrogens (tertiary/aromatic N) is 1. The molecule has 76 valence electrons. The zero-order valence-corrected chi connectivity index (χ0v) is 10.5. The van der Waals surface area contributed by atoms with Gasteiger partial charge in [-0.05, 0) is 47.2 Å². The summed E-state index contributed by atoms with van der Waals surface area (Å²) in [4.78, 5) is 13.1. The number of phenolic OH excluding ortho intramolecular Hbond substituents is 1. The Morgan fingerprint density at radius 1 is 1.43 bits per heavy atom. The Morgan fingerprint density at radius 3 is 2.50 bits per heavy atom. The molecule has 0 aliphatic carbocycles. The fourth-order valence-corrected chi connectivity index (χ4v) is 1.76. The third kappa shape index (κ3) is 2.17. The first kappa shape index (κ1) is 11.3. The summed E-state index contributed by atoms with van der Waals surface area (Å²) in [6.07, 6.45) is 0. The molecule has 0 spiro atoms. The zero-order chi connectivity index (χ0) is 10.9. The molecule has 0 fully saturated rings. The molecular weight excluding hydrogens is 293 g/mol. The molecule has 1 aromatic rings. The average Bonchev–Trinajstić information content (AvgIpc) is 2.10. The lowest BCUT2D eigenvalue weighted by atomic mass is 10.1. The molecule has 1 amide bonds. The van der Waals surface area contributed by atoms with E-state index in [0.717, 1.165) is 9.13 Å². The molecule has 0 saturated carbocycles. The van der Waals surface area contributed by atoms with Gasteiger partial charge in [0.25, 0.3) is 5.91 Å². The molecular formula is C10H12INO2. The van der Waals surface area contributed by atoms with E-state index in [4.69, 9.17) is 0 Å². The van der Waals surface area contributed by atoms with E-state index in [1.54, 1.807) is 20.2 Å². The van der Waals surface area contributed by atoms with Crippen molar-refractivity contribution >= 4 is 28.5 Å². The lowest BCUT2D eigenvalue weighted by Crippen LogP contribution is -2.22. The number of hydrogen-bond acceptors (Lipinski definition) is 2. The van der Waals surface area contributed by atoms with Gasteiger partial charge in [-0.3, -0.25) is 4.79 Å². The van der Waals surface area contributed by atoms with Crippen molar-refractivity contribution in [1.82, 2.24) is 4.90 Å². The molecule has 14 heavy (non-hydrogen) atoms. The summed E-state index contributed by atoms with van der Waals surface area (Å²) in [5, 5.41) is 9.48. The van der Waals surface area contributed by atoms with Crippen LogP contribution in [0.3, 0.4) is 0 Å². The van der Waals surface area contributed by atoms with Crippen LogP contribution < -0.4 is 0 Å². The Hall–Kier alpha value is -0.780. The Labute approximate surface area is 96.9 Å². The van der Waals surface area contributed by atoms with Gasteiger partial charge in [0.1, 0.15) is 5.75 Å². The minimum atomic E-state index is -0.0887. The van der Waals surface area contributed by atoms with Gasteiger partial charge >= 0.3 is 0 Å². The van der Waals surface area contributed by atoms with Crippen molar-refractivity contribution in [1.29, 1.82) is 0 Å². The predicted molar refractivity (Wildman–Crippen MR) is 63.6 cm³/mol. The van der Waals surface area contributed by atoms with Crippen molar-refractivity contribution in [3.05, 3.63) is 26.8 Å². The fourth-order valence-electron chi connectivity index (χ4n) is 1.13. The van der Waals surface area contributed by atoms with Gasteiger partial charge in [0, 0.05) is 19.7 Å². The maximum atomic E-state index is 11.6. The van der Waals surface area contributed by atoms with Crippen molar-refractivity contribution in [2.24, 2.45) is 0 Å². The van der Waals surface area contributed by atoms with E-state index in [9.17, 15) is 9.90 Å². The molecule has 0 aromatic heterocycles. The molecule has 1 rings (SSSR count). The number of carbonyl (C=O) groups excluding carboxylic acids is 1. The highest BCUT2D eigenvalue weighted by Gasteiger charge is 2.13. The minimum Gasteiger partial charge on any atom is -0.507 e. The number of carbonyl (C=O) groups is 1. The van der Waals surface area contributed by atoms with E-state index in [2.05, 4.69) is 0 Å². The number of benzene rings is 1. The van der Waals surface area contributed by atoms with Gasteiger partial charge in [0.2, 0.25) is 0 Å². The third-order valence-corrected chi connectivity index (χ3v) is 2.79. The second-order valence-corrected chi connectivity index (χ2v) is 4.48. The van der Waals surface area contributed by atoms with Gasteiger partial charge in [-0.2, -0.15) is 0 Å². The SMILES string of the molecule is Cc1cc(I)c(O)cc1C(=O)N(C)C. The normalized spacial score (nSPS) is 10.0. The van der Waals surface area contributed by atoms with E-state index in [0.29, 0.717) is 5.56 Å². The quantitative estimate of drug-likeness (QED) is 0.806. The first-order valence-electron chi connectivity index (χ1n) is 4.14. The molecule has 1 aromatic carbocycles. The lowest BCUT2D eigenvalue weighted by molar-refractivity contribution is 0.0826. The highest BCUT2D eigenvalue weighted by molar-refractivity contribution is 14.1. The highest BCUT2D eigenvalue weighted by Crippen LogP contribution is 2.24. The number of phenols is 1.